The molecule has 12 heavy (non-hydrogen) atoms. The van der Waals surface area contributed by atoms with Gasteiger partial charge in [-0.25, -0.2) is 0 Å². The van der Waals surface area contributed by atoms with Crippen LogP contribution in [-0.2, 0) is 4.79 Å². The number of carbonyl (C=O) groups excluding carboxylic acids is 1. The van der Waals surface area contributed by atoms with Gasteiger partial charge in [0.15, 0.2) is 0 Å². The van der Waals surface area contributed by atoms with E-state index >= 15 is 0 Å². The molecule has 0 amide bonds. The Bertz CT molecular complexity index is 106. The van der Waals surface area contributed by atoms with Crippen LogP contribution in [0.4, 0.5) is 0 Å². The van der Waals surface area contributed by atoms with Crippen molar-refractivity contribution in [3.63, 3.8) is 0 Å². The summed E-state index contributed by atoms with van der Waals surface area (Å²) < 4.78 is 0. The first-order chi connectivity index (χ1) is 4.72. The number of carboxylic acids is 1. The Hall–Kier alpha value is -0.610. The smallest absolute Gasteiger partial charge is 0.0445 e. The molecular weight excluding hydrogens is 158 g/mol. The molecular formula is C8H21NO3. The molecule has 0 aliphatic carbocycles. The van der Waals surface area contributed by atoms with Crippen LogP contribution in [0.1, 0.15) is 39.5 Å². The monoisotopic (exact) mass is 179 g/mol. The lowest BCUT2D eigenvalue weighted by atomic mass is 10.00. The van der Waals surface area contributed by atoms with Gasteiger partial charge < -0.3 is 21.5 Å². The van der Waals surface area contributed by atoms with E-state index < -0.39 is 5.97 Å². The standard InChI is InChI=1S/C8H16O2.H3N.H2O/c1-3-5-6-7(4-2)8(9)10;;/h7H,3-6H2,1-2H3,(H,9,10);1H3;1H2. The van der Waals surface area contributed by atoms with Gasteiger partial charge in [0.25, 0.3) is 0 Å². The third-order valence-electron chi connectivity index (χ3n) is 1.73. The first kappa shape index (κ1) is 17.5. The Morgan fingerprint density at radius 3 is 2.17 bits per heavy atom. The zero-order valence-corrected chi connectivity index (χ0v) is 8.22. The summed E-state index contributed by atoms with van der Waals surface area (Å²) in [5.74, 6) is -1.11. The van der Waals surface area contributed by atoms with Crippen LogP contribution in [0.3, 0.4) is 0 Å². The topological polar surface area (TPSA) is 108 Å². The van der Waals surface area contributed by atoms with E-state index in [1.54, 1.807) is 0 Å². The number of hydrogen-bond acceptors (Lipinski definition) is 2. The lowest BCUT2D eigenvalue weighted by Gasteiger charge is -2.14. The summed E-state index contributed by atoms with van der Waals surface area (Å²) >= 11 is 0. The van der Waals surface area contributed by atoms with Crippen LogP contribution in [0.25, 0.3) is 0 Å². The van der Waals surface area contributed by atoms with Crippen molar-refractivity contribution in [1.29, 1.82) is 0 Å². The quantitative estimate of drug-likeness (QED) is 0.663. The van der Waals surface area contributed by atoms with Crippen LogP contribution >= 0.6 is 0 Å². The second-order valence-corrected chi connectivity index (χ2v) is 2.57. The lowest BCUT2D eigenvalue weighted by Crippen LogP contribution is -2.30. The molecule has 4 nitrogen and oxygen atoms in total. The van der Waals surface area contributed by atoms with Crippen LogP contribution in [0.15, 0.2) is 0 Å². The maximum absolute atomic E-state index is 10.3. The predicted molar refractivity (Wildman–Crippen MR) is 47.9 cm³/mol. The van der Waals surface area contributed by atoms with Gasteiger partial charge in [0.05, 0.1) is 0 Å². The summed E-state index contributed by atoms with van der Waals surface area (Å²) in [6.07, 6.45) is 3.52. The number of hydrogen-bond donors (Lipinski definition) is 1. The van der Waals surface area contributed by atoms with Crippen molar-refractivity contribution in [1.82, 2.24) is 6.15 Å². The average molecular weight is 179 g/mol. The van der Waals surface area contributed by atoms with Gasteiger partial charge in [0.2, 0.25) is 0 Å². The normalized spacial score (nSPS) is 10.8. The Morgan fingerprint density at radius 2 is 1.92 bits per heavy atom. The van der Waals surface area contributed by atoms with Gasteiger partial charge in [-0.3, -0.25) is 0 Å². The van der Waals surface area contributed by atoms with Crippen molar-refractivity contribution in [2.24, 2.45) is 5.92 Å². The molecule has 0 spiro atoms. The molecule has 0 saturated heterocycles. The van der Waals surface area contributed by atoms with Crippen molar-refractivity contribution in [3.8, 4) is 0 Å². The number of carboxylic acid groups (broad SMARTS) is 1. The molecule has 0 radical (unpaired) electrons. The summed E-state index contributed by atoms with van der Waals surface area (Å²) in [5.41, 5.74) is 0. The Balaban J connectivity index is -0.000000405. The van der Waals surface area contributed by atoms with Crippen LogP contribution in [0, 0.1) is 5.92 Å². The molecule has 0 fully saturated rings. The molecule has 1 atom stereocenters. The molecule has 0 aliphatic heterocycles. The average Bonchev–Trinajstić information content (AvgIpc) is 1.89. The molecule has 0 heterocycles. The molecule has 76 valence electrons. The molecule has 0 aliphatic rings. The number of unbranched alkanes of at least 4 members (excludes halogenated alkanes) is 1. The van der Waals surface area contributed by atoms with Crippen LogP contribution in [0.5, 0.6) is 0 Å². The van der Waals surface area contributed by atoms with E-state index in [4.69, 9.17) is 0 Å². The molecule has 0 rings (SSSR count). The molecule has 0 aromatic rings. The van der Waals surface area contributed by atoms with Crippen molar-refractivity contribution < 1.29 is 15.4 Å². The van der Waals surface area contributed by atoms with Crippen molar-refractivity contribution >= 4 is 5.97 Å². The molecule has 4 heteroatoms. The predicted octanol–water partition coefficient (Wildman–Crippen LogP) is 0.504. The second kappa shape index (κ2) is 10.4. The summed E-state index contributed by atoms with van der Waals surface area (Å²) in [6.45, 7) is 3.94. The van der Waals surface area contributed by atoms with Gasteiger partial charge in [-0.15, -0.1) is 0 Å². The van der Waals surface area contributed by atoms with E-state index in [-0.39, 0.29) is 17.5 Å². The number of carbonyl (C=O) groups is 1. The van der Waals surface area contributed by atoms with Crippen LogP contribution in [0.2, 0.25) is 0 Å². The van der Waals surface area contributed by atoms with Crippen molar-refractivity contribution in [3.05, 3.63) is 0 Å². The van der Waals surface area contributed by atoms with Gasteiger partial charge in [-0.1, -0.05) is 26.7 Å². The van der Waals surface area contributed by atoms with Crippen molar-refractivity contribution in [2.45, 2.75) is 39.5 Å². The zero-order valence-electron chi connectivity index (χ0n) is 8.22. The maximum Gasteiger partial charge on any atom is 0.0445 e. The second-order valence-electron chi connectivity index (χ2n) is 2.57. The fraction of sp³-hybridized carbons (Fsp3) is 0.875. The first-order valence-electron chi connectivity index (χ1n) is 3.93. The molecule has 0 bridgehead atoms. The Labute approximate surface area is 73.9 Å². The van der Waals surface area contributed by atoms with Gasteiger partial charge in [0, 0.05) is 5.97 Å². The molecule has 0 saturated carbocycles. The van der Waals surface area contributed by atoms with Gasteiger partial charge in [-0.2, -0.15) is 0 Å². The Kier molecular flexibility index (Phi) is 15.1. The first-order valence-corrected chi connectivity index (χ1v) is 3.93. The van der Waals surface area contributed by atoms with Crippen molar-refractivity contribution in [2.75, 3.05) is 0 Å². The number of quaternary nitrogens is 1. The van der Waals surface area contributed by atoms with E-state index in [1.807, 2.05) is 6.92 Å². The molecule has 0 aromatic carbocycles. The number of rotatable bonds is 5. The van der Waals surface area contributed by atoms with Crippen LogP contribution < -0.4 is 11.3 Å². The molecule has 6 N–H and O–H groups in total. The highest BCUT2D eigenvalue weighted by molar-refractivity contribution is 5.67. The van der Waals surface area contributed by atoms with E-state index in [9.17, 15) is 9.90 Å². The molecule has 0 aromatic heterocycles. The summed E-state index contributed by atoms with van der Waals surface area (Å²) in [4.78, 5) is 10.3. The lowest BCUT2D eigenvalue weighted by molar-refractivity contribution is -0.311. The van der Waals surface area contributed by atoms with E-state index in [2.05, 4.69) is 6.92 Å². The summed E-state index contributed by atoms with van der Waals surface area (Å²) in [6, 6.07) is 0. The highest BCUT2D eigenvalue weighted by Gasteiger charge is 2.04. The van der Waals surface area contributed by atoms with E-state index in [1.165, 1.54) is 0 Å². The largest absolute Gasteiger partial charge is 0.550 e. The van der Waals surface area contributed by atoms with Gasteiger partial charge in [-0.05, 0) is 18.8 Å². The fourth-order valence-electron chi connectivity index (χ4n) is 0.939. The fourth-order valence-corrected chi connectivity index (χ4v) is 0.939. The highest BCUT2D eigenvalue weighted by Crippen LogP contribution is 2.10. The minimum atomic E-state index is -0.893. The third kappa shape index (κ3) is 7.50. The number of aliphatic carboxylic acids is 1. The minimum absolute atomic E-state index is 0. The zero-order chi connectivity index (χ0) is 7.98. The maximum atomic E-state index is 10.3. The summed E-state index contributed by atoms with van der Waals surface area (Å²) in [7, 11) is 0. The summed E-state index contributed by atoms with van der Waals surface area (Å²) in [5, 5.41) is 10.3. The van der Waals surface area contributed by atoms with Gasteiger partial charge in [0.1, 0.15) is 0 Å². The highest BCUT2D eigenvalue weighted by atomic mass is 16.4. The molecule has 1 unspecified atom stereocenters. The third-order valence-corrected chi connectivity index (χ3v) is 1.73. The van der Waals surface area contributed by atoms with Gasteiger partial charge >= 0.3 is 0 Å². The minimum Gasteiger partial charge on any atom is -0.550 e. The Morgan fingerprint density at radius 1 is 1.42 bits per heavy atom. The van der Waals surface area contributed by atoms with Crippen LogP contribution in [-0.4, -0.2) is 11.4 Å². The SMILES string of the molecule is CCCCC(CC)C(=O)[O-].O.[NH4+]. The van der Waals surface area contributed by atoms with E-state index in [0.29, 0.717) is 6.42 Å². The van der Waals surface area contributed by atoms with E-state index in [0.717, 1.165) is 19.3 Å².